The zero-order chi connectivity index (χ0) is 22.8. The maximum Gasteiger partial charge on any atom is 0.251 e. The first kappa shape index (κ1) is 21.0. The molecule has 0 N–H and O–H groups in total. The highest BCUT2D eigenvalue weighted by atomic mass is 35.5. The molecule has 0 bridgehead atoms. The molecule has 0 saturated heterocycles. The van der Waals surface area contributed by atoms with Gasteiger partial charge in [0.15, 0.2) is 11.4 Å². The van der Waals surface area contributed by atoms with Gasteiger partial charge >= 0.3 is 0 Å². The molecule has 5 rings (SSSR count). The number of hydrogen-bond acceptors (Lipinski definition) is 6. The molecule has 0 spiro atoms. The van der Waals surface area contributed by atoms with E-state index in [0.717, 1.165) is 23.7 Å². The summed E-state index contributed by atoms with van der Waals surface area (Å²) in [4.78, 5) is 19.6. The fraction of sp³-hybridized carbons (Fsp3) is 0.167. The van der Waals surface area contributed by atoms with Crippen molar-refractivity contribution in [2.75, 3.05) is 25.1 Å². The Morgan fingerprint density at radius 2 is 1.91 bits per heavy atom. The van der Waals surface area contributed by atoms with Crippen LogP contribution in [0.5, 0.6) is 5.75 Å². The van der Waals surface area contributed by atoms with Gasteiger partial charge in [0.25, 0.3) is 5.43 Å². The van der Waals surface area contributed by atoms with Crippen LogP contribution in [-0.2, 0) is 0 Å². The molecule has 166 valence electrons. The minimum atomic E-state index is -0.287. The van der Waals surface area contributed by atoms with Crippen LogP contribution in [0.3, 0.4) is 0 Å². The number of para-hydroxylation sites is 1. The molecule has 1 aliphatic rings. The minimum Gasteiger partial charge on any atom is -0.491 e. The first-order chi connectivity index (χ1) is 16.2. The van der Waals surface area contributed by atoms with E-state index in [1.807, 2.05) is 42.5 Å². The summed E-state index contributed by atoms with van der Waals surface area (Å²) >= 11 is 6.31. The van der Waals surface area contributed by atoms with Crippen LogP contribution < -0.4 is 15.1 Å². The average Bonchev–Trinajstić information content (AvgIpc) is 3.35. The molecule has 0 amide bonds. The van der Waals surface area contributed by atoms with Crippen molar-refractivity contribution in [1.82, 2.24) is 24.5 Å². The molecule has 0 radical (unpaired) electrons. The van der Waals surface area contributed by atoms with Gasteiger partial charge in [-0.3, -0.25) is 4.79 Å². The number of methoxy groups -OCH3 is 1. The Balaban J connectivity index is 1.53. The fourth-order valence-corrected chi connectivity index (χ4v) is 4.10. The van der Waals surface area contributed by atoms with Crippen molar-refractivity contribution in [1.29, 1.82) is 0 Å². The number of anilines is 1. The standard InChI is InChI=1S/C24H21ClN6O2/c1-33-21-16-30(17-10-14-29(15-11-17)24-19(25)8-5-12-26-24)28-22(23(21)32)20-9-13-27-31(20)18-6-3-2-4-7-18/h2-10,12-13,16H,11,14-15H2,1H3. The molecule has 4 heterocycles. The maximum absolute atomic E-state index is 13.1. The number of benzene rings is 1. The summed E-state index contributed by atoms with van der Waals surface area (Å²) in [7, 11) is 1.49. The zero-order valence-electron chi connectivity index (χ0n) is 17.9. The molecule has 0 saturated carbocycles. The highest BCUT2D eigenvalue weighted by Crippen LogP contribution is 2.27. The number of ether oxygens (including phenoxy) is 1. The second kappa shape index (κ2) is 8.91. The van der Waals surface area contributed by atoms with E-state index < -0.39 is 0 Å². The average molecular weight is 461 g/mol. The first-order valence-corrected chi connectivity index (χ1v) is 10.9. The van der Waals surface area contributed by atoms with Gasteiger partial charge in [-0.15, -0.1) is 0 Å². The molecule has 9 heteroatoms. The number of aromatic nitrogens is 5. The van der Waals surface area contributed by atoms with Gasteiger partial charge < -0.3 is 9.64 Å². The summed E-state index contributed by atoms with van der Waals surface area (Å²) in [6.45, 7) is 1.34. The molecular weight excluding hydrogens is 440 g/mol. The van der Waals surface area contributed by atoms with Gasteiger partial charge in [0.2, 0.25) is 0 Å². The van der Waals surface area contributed by atoms with Crippen LogP contribution in [0.25, 0.3) is 22.8 Å². The van der Waals surface area contributed by atoms with E-state index in [1.54, 1.807) is 34.0 Å². The van der Waals surface area contributed by atoms with Crippen LogP contribution in [0.15, 0.2) is 78.0 Å². The lowest BCUT2D eigenvalue weighted by molar-refractivity contribution is 0.405. The lowest BCUT2D eigenvalue weighted by Crippen LogP contribution is -2.31. The van der Waals surface area contributed by atoms with Gasteiger partial charge in [0.1, 0.15) is 5.82 Å². The third-order valence-electron chi connectivity index (χ3n) is 5.51. The number of pyridine rings is 1. The van der Waals surface area contributed by atoms with Crippen molar-refractivity contribution in [2.45, 2.75) is 6.42 Å². The minimum absolute atomic E-state index is 0.219. The Kier molecular flexibility index (Phi) is 5.66. The van der Waals surface area contributed by atoms with Crippen LogP contribution >= 0.6 is 11.6 Å². The summed E-state index contributed by atoms with van der Waals surface area (Å²) in [5.74, 6) is 0.976. The molecule has 33 heavy (non-hydrogen) atoms. The van der Waals surface area contributed by atoms with Crippen molar-refractivity contribution in [2.24, 2.45) is 0 Å². The first-order valence-electron chi connectivity index (χ1n) is 10.5. The Morgan fingerprint density at radius 3 is 2.64 bits per heavy atom. The maximum atomic E-state index is 13.1. The largest absolute Gasteiger partial charge is 0.491 e. The van der Waals surface area contributed by atoms with Gasteiger partial charge in [-0.2, -0.15) is 10.2 Å². The van der Waals surface area contributed by atoms with Crippen molar-refractivity contribution in [3.8, 4) is 22.8 Å². The molecule has 0 fully saturated rings. The van der Waals surface area contributed by atoms with E-state index >= 15 is 0 Å². The van der Waals surface area contributed by atoms with E-state index in [9.17, 15) is 4.79 Å². The van der Waals surface area contributed by atoms with E-state index in [1.165, 1.54) is 7.11 Å². The lowest BCUT2D eigenvalue weighted by Gasteiger charge is -2.28. The topological polar surface area (TPSA) is 78.1 Å². The predicted molar refractivity (Wildman–Crippen MR) is 128 cm³/mol. The second-order valence-corrected chi connectivity index (χ2v) is 7.89. The van der Waals surface area contributed by atoms with E-state index in [4.69, 9.17) is 16.3 Å². The molecule has 4 aromatic rings. The third kappa shape index (κ3) is 4.01. The van der Waals surface area contributed by atoms with Gasteiger partial charge in [-0.05, 0) is 36.4 Å². The van der Waals surface area contributed by atoms with E-state index in [-0.39, 0.29) is 16.9 Å². The quantitative estimate of drug-likeness (QED) is 0.449. The number of rotatable bonds is 5. The summed E-state index contributed by atoms with van der Waals surface area (Å²) in [6.07, 6.45) is 7.77. The summed E-state index contributed by atoms with van der Waals surface area (Å²) < 4.78 is 8.82. The van der Waals surface area contributed by atoms with E-state index in [2.05, 4.69) is 26.2 Å². The van der Waals surface area contributed by atoms with Crippen LogP contribution in [-0.4, -0.2) is 44.7 Å². The molecule has 1 aliphatic heterocycles. The fourth-order valence-electron chi connectivity index (χ4n) is 3.86. The van der Waals surface area contributed by atoms with Crippen LogP contribution in [0.4, 0.5) is 5.82 Å². The summed E-state index contributed by atoms with van der Waals surface area (Å²) in [6, 6.07) is 15.1. The van der Waals surface area contributed by atoms with Gasteiger partial charge in [-0.1, -0.05) is 29.8 Å². The molecule has 1 aromatic carbocycles. The van der Waals surface area contributed by atoms with Crippen molar-refractivity contribution in [3.63, 3.8) is 0 Å². The molecule has 3 aromatic heterocycles. The lowest BCUT2D eigenvalue weighted by atomic mass is 10.2. The van der Waals surface area contributed by atoms with Gasteiger partial charge in [-0.25, -0.2) is 14.3 Å². The highest BCUT2D eigenvalue weighted by Gasteiger charge is 2.21. The highest BCUT2D eigenvalue weighted by molar-refractivity contribution is 6.32. The monoisotopic (exact) mass is 460 g/mol. The van der Waals surface area contributed by atoms with Crippen LogP contribution in [0.2, 0.25) is 5.02 Å². The molecule has 0 unspecified atom stereocenters. The van der Waals surface area contributed by atoms with Crippen molar-refractivity contribution < 1.29 is 4.74 Å². The Hall–Kier alpha value is -3.91. The SMILES string of the molecule is COc1cn(C2=CCN(c3ncccc3Cl)CC2)nc(-c2ccnn2-c2ccccc2)c1=O. The summed E-state index contributed by atoms with van der Waals surface area (Å²) in [5.41, 5.74) is 2.38. The number of halogens is 1. The summed E-state index contributed by atoms with van der Waals surface area (Å²) in [5, 5.41) is 9.70. The Morgan fingerprint density at radius 1 is 1.06 bits per heavy atom. The Bertz CT molecular complexity index is 1380. The molecule has 0 atom stereocenters. The van der Waals surface area contributed by atoms with Crippen LogP contribution in [0.1, 0.15) is 6.42 Å². The number of hydrogen-bond donors (Lipinski definition) is 0. The van der Waals surface area contributed by atoms with Crippen LogP contribution in [0, 0.1) is 0 Å². The predicted octanol–water partition coefficient (Wildman–Crippen LogP) is 3.90. The zero-order valence-corrected chi connectivity index (χ0v) is 18.7. The second-order valence-electron chi connectivity index (χ2n) is 7.48. The molecule has 8 nitrogen and oxygen atoms in total. The Labute approximate surface area is 195 Å². The smallest absolute Gasteiger partial charge is 0.251 e. The van der Waals surface area contributed by atoms with E-state index in [0.29, 0.717) is 23.7 Å². The number of nitrogens with zero attached hydrogens (tertiary/aromatic N) is 6. The van der Waals surface area contributed by atoms with Gasteiger partial charge in [0.05, 0.1) is 35.9 Å². The molecule has 0 aliphatic carbocycles. The normalized spacial score (nSPS) is 13.6. The molecular formula is C24H21ClN6O2. The van der Waals surface area contributed by atoms with Crippen molar-refractivity contribution >= 4 is 23.1 Å². The van der Waals surface area contributed by atoms with Crippen molar-refractivity contribution in [3.05, 3.63) is 88.4 Å². The van der Waals surface area contributed by atoms with Gasteiger partial charge in [0, 0.05) is 31.4 Å². The third-order valence-corrected chi connectivity index (χ3v) is 5.81.